The number of non-ortho nitro benzene ring substituents is 1. The van der Waals surface area contributed by atoms with Gasteiger partial charge >= 0.3 is 0 Å². The molecule has 1 saturated heterocycles. The predicted molar refractivity (Wildman–Crippen MR) is 110 cm³/mol. The minimum Gasteiger partial charge on any atom is -0.506 e. The standard InChI is InChI=1S/C18H13N3O5S2/c22-14-9-12(21(25)26)6-7-13(14)19-16(23)10-20-17(24)15(28-18(20)27)8-11-4-2-1-3-5-11/h1-9,22H,10H2,(H,19,23)/b15-8-. The molecule has 10 heteroatoms. The molecule has 2 aromatic carbocycles. The van der Waals surface area contributed by atoms with E-state index in [4.69, 9.17) is 12.2 Å². The largest absolute Gasteiger partial charge is 0.506 e. The van der Waals surface area contributed by atoms with Crippen molar-refractivity contribution < 1.29 is 19.6 Å². The Morgan fingerprint density at radius 1 is 1.29 bits per heavy atom. The monoisotopic (exact) mass is 415 g/mol. The van der Waals surface area contributed by atoms with Gasteiger partial charge in [-0.1, -0.05) is 54.3 Å². The Kier molecular flexibility index (Phi) is 5.71. The Labute approximate surface area is 169 Å². The van der Waals surface area contributed by atoms with E-state index >= 15 is 0 Å². The van der Waals surface area contributed by atoms with Crippen LogP contribution in [-0.2, 0) is 9.59 Å². The number of nitro groups is 1. The van der Waals surface area contributed by atoms with Crippen LogP contribution in [0.15, 0.2) is 53.4 Å². The van der Waals surface area contributed by atoms with Crippen molar-refractivity contribution in [2.75, 3.05) is 11.9 Å². The van der Waals surface area contributed by atoms with E-state index in [1.54, 1.807) is 6.08 Å². The zero-order valence-electron chi connectivity index (χ0n) is 14.2. The van der Waals surface area contributed by atoms with Gasteiger partial charge in [-0.3, -0.25) is 24.6 Å². The molecule has 1 aliphatic rings. The average Bonchev–Trinajstić information content (AvgIpc) is 2.91. The summed E-state index contributed by atoms with van der Waals surface area (Å²) in [6, 6.07) is 12.5. The fourth-order valence-corrected chi connectivity index (χ4v) is 3.66. The van der Waals surface area contributed by atoms with Gasteiger partial charge in [0, 0.05) is 6.07 Å². The molecule has 2 aromatic rings. The molecule has 0 bridgehead atoms. The molecule has 0 spiro atoms. The number of carbonyl (C=O) groups excluding carboxylic acids is 2. The number of phenolic OH excluding ortho intramolecular Hbond substituents is 1. The van der Waals surface area contributed by atoms with Crippen molar-refractivity contribution in [3.63, 3.8) is 0 Å². The van der Waals surface area contributed by atoms with E-state index in [1.807, 2.05) is 30.3 Å². The Morgan fingerprint density at radius 2 is 2.00 bits per heavy atom. The fourth-order valence-electron chi connectivity index (χ4n) is 2.41. The number of thiocarbonyl (C=S) groups is 1. The van der Waals surface area contributed by atoms with Gasteiger partial charge in [-0.15, -0.1) is 0 Å². The molecule has 0 radical (unpaired) electrons. The summed E-state index contributed by atoms with van der Waals surface area (Å²) in [5, 5.41) is 22.9. The van der Waals surface area contributed by atoms with Crippen LogP contribution in [0.25, 0.3) is 6.08 Å². The van der Waals surface area contributed by atoms with Crippen molar-refractivity contribution in [2.24, 2.45) is 0 Å². The molecule has 0 atom stereocenters. The molecule has 142 valence electrons. The van der Waals surface area contributed by atoms with Crippen LogP contribution < -0.4 is 5.32 Å². The summed E-state index contributed by atoms with van der Waals surface area (Å²) in [7, 11) is 0. The minimum absolute atomic E-state index is 0.000804. The van der Waals surface area contributed by atoms with E-state index in [9.17, 15) is 24.8 Å². The summed E-state index contributed by atoms with van der Waals surface area (Å²) in [6.45, 7) is -0.340. The molecule has 2 amide bonds. The number of aromatic hydroxyl groups is 1. The Balaban J connectivity index is 1.69. The van der Waals surface area contributed by atoms with E-state index in [0.29, 0.717) is 4.91 Å². The SMILES string of the molecule is O=C(CN1C(=O)/C(=C/c2ccccc2)SC1=S)Nc1ccc([N+](=O)[O-])cc1O. The topological polar surface area (TPSA) is 113 Å². The van der Waals surface area contributed by atoms with E-state index < -0.39 is 16.6 Å². The molecule has 1 fully saturated rings. The highest BCUT2D eigenvalue weighted by Gasteiger charge is 2.33. The molecule has 2 N–H and O–H groups in total. The predicted octanol–water partition coefficient (Wildman–Crippen LogP) is 3.14. The second kappa shape index (κ2) is 8.19. The van der Waals surface area contributed by atoms with Crippen LogP contribution in [-0.4, -0.2) is 37.6 Å². The number of rotatable bonds is 5. The van der Waals surface area contributed by atoms with Gasteiger partial charge in [0.2, 0.25) is 5.91 Å². The number of anilines is 1. The lowest BCUT2D eigenvalue weighted by molar-refractivity contribution is -0.384. The zero-order chi connectivity index (χ0) is 20.3. The van der Waals surface area contributed by atoms with E-state index in [-0.39, 0.29) is 28.1 Å². The first-order valence-electron chi connectivity index (χ1n) is 7.93. The van der Waals surface area contributed by atoms with Crippen molar-refractivity contribution in [2.45, 2.75) is 0 Å². The molecular weight excluding hydrogens is 402 g/mol. The van der Waals surface area contributed by atoms with E-state index in [2.05, 4.69) is 5.32 Å². The van der Waals surface area contributed by atoms with Crippen LogP contribution in [0.3, 0.4) is 0 Å². The highest BCUT2D eigenvalue weighted by Crippen LogP contribution is 2.33. The third-order valence-corrected chi connectivity index (χ3v) is 5.12. The molecule has 0 unspecified atom stereocenters. The number of nitrogens with one attached hydrogen (secondary N) is 1. The van der Waals surface area contributed by atoms with Gasteiger partial charge in [-0.25, -0.2) is 0 Å². The second-order valence-electron chi connectivity index (χ2n) is 5.69. The van der Waals surface area contributed by atoms with Gasteiger partial charge in [0.25, 0.3) is 11.6 Å². The van der Waals surface area contributed by atoms with Gasteiger partial charge in [-0.2, -0.15) is 0 Å². The molecule has 1 aliphatic heterocycles. The first-order valence-corrected chi connectivity index (χ1v) is 9.15. The smallest absolute Gasteiger partial charge is 0.273 e. The number of benzene rings is 2. The van der Waals surface area contributed by atoms with Crippen molar-refractivity contribution in [3.8, 4) is 5.75 Å². The number of thioether (sulfide) groups is 1. The minimum atomic E-state index is -0.662. The Bertz CT molecular complexity index is 1010. The normalized spacial score (nSPS) is 15.1. The van der Waals surface area contributed by atoms with Crippen LogP contribution in [0, 0.1) is 10.1 Å². The highest BCUT2D eigenvalue weighted by atomic mass is 32.2. The van der Waals surface area contributed by atoms with E-state index in [0.717, 1.165) is 34.4 Å². The quantitative estimate of drug-likeness (QED) is 0.254. The summed E-state index contributed by atoms with van der Waals surface area (Å²) in [6.07, 6.45) is 1.69. The first kappa shape index (κ1) is 19.5. The molecule has 3 rings (SSSR count). The van der Waals surface area contributed by atoms with Gasteiger partial charge in [-0.05, 0) is 17.7 Å². The molecule has 0 aromatic heterocycles. The number of amides is 2. The molecule has 1 heterocycles. The van der Waals surface area contributed by atoms with Crippen molar-refractivity contribution in [1.29, 1.82) is 0 Å². The molecule has 8 nitrogen and oxygen atoms in total. The number of nitro benzene ring substituents is 1. The van der Waals surface area contributed by atoms with Crippen LogP contribution in [0.4, 0.5) is 11.4 Å². The summed E-state index contributed by atoms with van der Waals surface area (Å²) in [5.74, 6) is -1.43. The lowest BCUT2D eigenvalue weighted by Crippen LogP contribution is -2.36. The van der Waals surface area contributed by atoms with Gasteiger partial charge < -0.3 is 10.4 Å². The maximum absolute atomic E-state index is 12.5. The van der Waals surface area contributed by atoms with Crippen LogP contribution in [0.1, 0.15) is 5.56 Å². The van der Waals surface area contributed by atoms with Gasteiger partial charge in [0.1, 0.15) is 16.6 Å². The van der Waals surface area contributed by atoms with Gasteiger partial charge in [0.15, 0.2) is 0 Å². The average molecular weight is 415 g/mol. The van der Waals surface area contributed by atoms with Crippen molar-refractivity contribution in [3.05, 3.63) is 69.1 Å². The zero-order valence-corrected chi connectivity index (χ0v) is 15.8. The van der Waals surface area contributed by atoms with Crippen molar-refractivity contribution >= 4 is 57.6 Å². The Morgan fingerprint density at radius 3 is 2.64 bits per heavy atom. The van der Waals surface area contributed by atoms with Crippen molar-refractivity contribution in [1.82, 2.24) is 4.90 Å². The Hall–Kier alpha value is -3.24. The molecule has 0 saturated carbocycles. The van der Waals surface area contributed by atoms with Gasteiger partial charge in [0.05, 0.1) is 21.6 Å². The maximum atomic E-state index is 12.5. The number of hydrogen-bond donors (Lipinski definition) is 2. The summed E-state index contributed by atoms with van der Waals surface area (Å²) < 4.78 is 0.246. The van der Waals surface area contributed by atoms with Crippen LogP contribution in [0.5, 0.6) is 5.75 Å². The fraction of sp³-hybridized carbons (Fsp3) is 0.0556. The number of carbonyl (C=O) groups is 2. The second-order valence-corrected chi connectivity index (χ2v) is 7.36. The maximum Gasteiger partial charge on any atom is 0.273 e. The summed E-state index contributed by atoms with van der Waals surface area (Å²) >= 11 is 6.29. The number of phenols is 1. The lowest BCUT2D eigenvalue weighted by Gasteiger charge is -2.14. The van der Waals surface area contributed by atoms with E-state index in [1.165, 1.54) is 6.07 Å². The third-order valence-electron chi connectivity index (χ3n) is 3.74. The number of nitrogens with zero attached hydrogens (tertiary/aromatic N) is 2. The first-order chi connectivity index (χ1) is 13.3. The van der Waals surface area contributed by atoms with Crippen LogP contribution >= 0.6 is 24.0 Å². The molecular formula is C18H13N3O5S2. The summed E-state index contributed by atoms with van der Waals surface area (Å²) in [4.78, 5) is 36.4. The lowest BCUT2D eigenvalue weighted by atomic mass is 10.2. The third kappa shape index (κ3) is 4.35. The number of hydrogen-bond acceptors (Lipinski definition) is 7. The van der Waals surface area contributed by atoms with Crippen LogP contribution in [0.2, 0.25) is 0 Å². The molecule has 0 aliphatic carbocycles. The summed E-state index contributed by atoms with van der Waals surface area (Å²) in [5.41, 5.74) is 0.530. The highest BCUT2D eigenvalue weighted by molar-refractivity contribution is 8.26. The molecule has 28 heavy (non-hydrogen) atoms.